The lowest BCUT2D eigenvalue weighted by Gasteiger charge is -2.24. The molecule has 3 aromatic rings. The summed E-state index contributed by atoms with van der Waals surface area (Å²) in [6.07, 6.45) is 6.12. The Hall–Kier alpha value is -2.75. The summed E-state index contributed by atoms with van der Waals surface area (Å²) in [6.45, 7) is 1.99. The number of hydrogen-bond acceptors (Lipinski definition) is 8. The molecule has 0 aliphatic heterocycles. The Morgan fingerprint density at radius 3 is 2.61 bits per heavy atom. The van der Waals surface area contributed by atoms with Gasteiger partial charge in [0.2, 0.25) is 11.8 Å². The number of rotatable bonds is 6. The molecule has 1 saturated carbocycles. The van der Waals surface area contributed by atoms with Gasteiger partial charge in [0.05, 0.1) is 10.7 Å². The van der Waals surface area contributed by atoms with Gasteiger partial charge in [-0.1, -0.05) is 31.0 Å². The molecule has 0 spiro atoms. The first-order valence-electron chi connectivity index (χ1n) is 9.23. The highest BCUT2D eigenvalue weighted by atomic mass is 32.2. The van der Waals surface area contributed by atoms with Gasteiger partial charge in [-0.15, -0.1) is 20.4 Å². The Labute approximate surface area is 165 Å². The maximum atomic E-state index is 10.8. The van der Waals surface area contributed by atoms with E-state index in [2.05, 4.69) is 25.0 Å². The molecule has 0 unspecified atom stereocenters. The van der Waals surface area contributed by atoms with Crippen molar-refractivity contribution in [2.75, 3.05) is 0 Å². The zero-order chi connectivity index (χ0) is 19.5. The molecule has 1 aliphatic carbocycles. The zero-order valence-electron chi connectivity index (χ0n) is 15.4. The number of hydrogen-bond donors (Lipinski definition) is 0. The van der Waals surface area contributed by atoms with Crippen LogP contribution in [0.25, 0.3) is 11.5 Å². The number of non-ortho nitro benzene ring substituents is 1. The molecule has 1 aromatic carbocycles. The van der Waals surface area contributed by atoms with Gasteiger partial charge in [-0.2, -0.15) is 0 Å². The van der Waals surface area contributed by atoms with E-state index in [-0.39, 0.29) is 5.69 Å². The lowest BCUT2D eigenvalue weighted by molar-refractivity contribution is -0.384. The van der Waals surface area contributed by atoms with E-state index in [9.17, 15) is 10.1 Å². The molecule has 0 radical (unpaired) electrons. The molecule has 2 aromatic heterocycles. The molecular formula is C18H20N6O3S. The molecule has 0 amide bonds. The minimum atomic E-state index is -0.440. The van der Waals surface area contributed by atoms with Crippen molar-refractivity contribution in [1.29, 1.82) is 0 Å². The Morgan fingerprint density at radius 1 is 1.14 bits per heavy atom. The van der Waals surface area contributed by atoms with E-state index in [0.29, 0.717) is 29.1 Å². The summed E-state index contributed by atoms with van der Waals surface area (Å²) in [4.78, 5) is 10.3. The quantitative estimate of drug-likeness (QED) is 0.341. The molecule has 10 heteroatoms. The van der Waals surface area contributed by atoms with Crippen LogP contribution >= 0.6 is 11.8 Å². The number of nitro benzene ring substituents is 1. The molecular weight excluding hydrogens is 380 g/mol. The van der Waals surface area contributed by atoms with Crippen molar-refractivity contribution in [3.8, 4) is 11.5 Å². The number of thioether (sulfide) groups is 1. The van der Waals surface area contributed by atoms with E-state index >= 15 is 0 Å². The standard InChI is InChI=1S/C18H20N6O3S/c1-12-19-22-18(23(12)14-5-3-2-4-6-14)28-11-16-20-21-17(27-16)13-7-9-15(10-8-13)24(25)26/h7-10,14H,2-6,11H2,1H3. The Morgan fingerprint density at radius 2 is 1.89 bits per heavy atom. The first-order valence-corrected chi connectivity index (χ1v) is 10.2. The monoisotopic (exact) mass is 400 g/mol. The largest absolute Gasteiger partial charge is 0.420 e. The van der Waals surface area contributed by atoms with Crippen molar-refractivity contribution >= 4 is 17.4 Å². The second-order valence-corrected chi connectivity index (χ2v) is 7.73. The second-order valence-electron chi connectivity index (χ2n) is 6.79. The smallest absolute Gasteiger partial charge is 0.269 e. The van der Waals surface area contributed by atoms with E-state index in [1.54, 1.807) is 12.1 Å². The molecule has 0 N–H and O–H groups in total. The van der Waals surface area contributed by atoms with Gasteiger partial charge in [0.1, 0.15) is 5.82 Å². The number of aromatic nitrogens is 5. The third-order valence-corrected chi connectivity index (χ3v) is 5.82. The highest BCUT2D eigenvalue weighted by molar-refractivity contribution is 7.98. The first-order chi connectivity index (χ1) is 13.6. The molecule has 1 aliphatic rings. The summed E-state index contributed by atoms with van der Waals surface area (Å²) in [5.41, 5.74) is 0.673. The third kappa shape index (κ3) is 3.91. The van der Waals surface area contributed by atoms with Crippen LogP contribution in [0.3, 0.4) is 0 Å². The van der Waals surface area contributed by atoms with E-state index in [1.165, 1.54) is 43.2 Å². The molecule has 0 atom stereocenters. The number of nitrogens with zero attached hydrogens (tertiary/aromatic N) is 6. The van der Waals surface area contributed by atoms with Gasteiger partial charge < -0.3 is 8.98 Å². The minimum absolute atomic E-state index is 0.0245. The van der Waals surface area contributed by atoms with Gasteiger partial charge in [0, 0.05) is 23.7 Å². The zero-order valence-corrected chi connectivity index (χ0v) is 16.3. The van der Waals surface area contributed by atoms with Gasteiger partial charge in [-0.3, -0.25) is 10.1 Å². The normalized spacial score (nSPS) is 15.0. The predicted octanol–water partition coefficient (Wildman–Crippen LogP) is 4.34. The summed E-state index contributed by atoms with van der Waals surface area (Å²) >= 11 is 1.53. The summed E-state index contributed by atoms with van der Waals surface area (Å²) in [6, 6.07) is 6.51. The number of aryl methyl sites for hydroxylation is 1. The Balaban J connectivity index is 1.44. The molecule has 9 nitrogen and oxygen atoms in total. The molecule has 146 valence electrons. The SMILES string of the molecule is Cc1nnc(SCc2nnc(-c3ccc([N+](=O)[O-])cc3)o2)n1C1CCCCC1. The summed E-state index contributed by atoms with van der Waals surface area (Å²) in [7, 11) is 0. The molecule has 2 heterocycles. The van der Waals surface area contributed by atoms with Crippen molar-refractivity contribution in [2.45, 2.75) is 56.0 Å². The van der Waals surface area contributed by atoms with Crippen LogP contribution in [0.2, 0.25) is 0 Å². The number of benzene rings is 1. The van der Waals surface area contributed by atoms with Crippen LogP contribution in [0.5, 0.6) is 0 Å². The van der Waals surface area contributed by atoms with Crippen molar-refractivity contribution < 1.29 is 9.34 Å². The average molecular weight is 400 g/mol. The lowest BCUT2D eigenvalue weighted by atomic mass is 9.95. The lowest BCUT2D eigenvalue weighted by Crippen LogP contribution is -2.15. The van der Waals surface area contributed by atoms with Crippen molar-refractivity contribution in [1.82, 2.24) is 25.0 Å². The van der Waals surface area contributed by atoms with Crippen molar-refractivity contribution in [2.24, 2.45) is 0 Å². The van der Waals surface area contributed by atoms with Crippen molar-refractivity contribution in [3.05, 3.63) is 46.1 Å². The Bertz CT molecular complexity index is 962. The fourth-order valence-electron chi connectivity index (χ4n) is 3.49. The van der Waals surface area contributed by atoms with E-state index in [1.807, 2.05) is 6.92 Å². The maximum absolute atomic E-state index is 10.8. The van der Waals surface area contributed by atoms with Crippen LogP contribution in [-0.2, 0) is 5.75 Å². The van der Waals surface area contributed by atoms with E-state index < -0.39 is 4.92 Å². The first kappa shape index (κ1) is 18.6. The maximum Gasteiger partial charge on any atom is 0.269 e. The summed E-state index contributed by atoms with van der Waals surface area (Å²) < 4.78 is 7.95. The molecule has 0 bridgehead atoms. The molecule has 0 saturated heterocycles. The van der Waals surface area contributed by atoms with Crippen LogP contribution in [0.15, 0.2) is 33.8 Å². The van der Waals surface area contributed by atoms with Crippen LogP contribution in [0, 0.1) is 17.0 Å². The van der Waals surface area contributed by atoms with Gasteiger partial charge in [-0.25, -0.2) is 0 Å². The fourth-order valence-corrected chi connectivity index (χ4v) is 4.38. The van der Waals surface area contributed by atoms with Crippen LogP contribution in [-0.4, -0.2) is 29.9 Å². The van der Waals surface area contributed by atoms with Crippen LogP contribution in [0.1, 0.15) is 49.9 Å². The minimum Gasteiger partial charge on any atom is -0.420 e. The average Bonchev–Trinajstić information content (AvgIpc) is 3.33. The van der Waals surface area contributed by atoms with Gasteiger partial charge in [0.25, 0.3) is 5.69 Å². The van der Waals surface area contributed by atoms with Crippen LogP contribution < -0.4 is 0 Å². The third-order valence-electron chi connectivity index (χ3n) is 4.89. The summed E-state index contributed by atoms with van der Waals surface area (Å²) in [5.74, 6) is 2.25. The fraction of sp³-hybridized carbons (Fsp3) is 0.444. The van der Waals surface area contributed by atoms with Crippen LogP contribution in [0.4, 0.5) is 5.69 Å². The molecule has 28 heavy (non-hydrogen) atoms. The van der Waals surface area contributed by atoms with Gasteiger partial charge >= 0.3 is 0 Å². The molecule has 4 rings (SSSR count). The second kappa shape index (κ2) is 8.09. The Kier molecular flexibility index (Phi) is 5.38. The van der Waals surface area contributed by atoms with E-state index in [0.717, 1.165) is 23.8 Å². The van der Waals surface area contributed by atoms with Gasteiger partial charge in [-0.05, 0) is 31.9 Å². The number of nitro groups is 1. The summed E-state index contributed by atoms with van der Waals surface area (Å²) in [5, 5.41) is 28.3. The van der Waals surface area contributed by atoms with Crippen molar-refractivity contribution in [3.63, 3.8) is 0 Å². The van der Waals surface area contributed by atoms with Gasteiger partial charge in [0.15, 0.2) is 5.16 Å². The molecule has 1 fully saturated rings. The highest BCUT2D eigenvalue weighted by Gasteiger charge is 2.22. The topological polar surface area (TPSA) is 113 Å². The highest BCUT2D eigenvalue weighted by Crippen LogP contribution is 2.33. The van der Waals surface area contributed by atoms with E-state index in [4.69, 9.17) is 4.42 Å². The predicted molar refractivity (Wildman–Crippen MR) is 103 cm³/mol.